The highest BCUT2D eigenvalue weighted by atomic mass is 19.4. The first-order chi connectivity index (χ1) is 19.0. The van der Waals surface area contributed by atoms with Crippen LogP contribution in [-0.4, -0.2) is 45.5 Å². The molecular formula is C29H34F3N5O3. The van der Waals surface area contributed by atoms with Crippen molar-refractivity contribution >= 4 is 22.8 Å². The second-order valence-corrected chi connectivity index (χ2v) is 11.0. The fraction of sp³-hybridized carbons (Fsp3) is 0.517. The molecule has 0 radical (unpaired) electrons. The van der Waals surface area contributed by atoms with Crippen molar-refractivity contribution in [2.75, 3.05) is 6.61 Å². The number of amides is 2. The number of hydrogen-bond acceptors (Lipinski definition) is 5. The number of nitrogens with zero attached hydrogens (tertiary/aromatic N) is 2. The fourth-order valence-corrected chi connectivity index (χ4v) is 5.42. The SMILES string of the molecule is CCC(=O)N[C@H]1CC[C@@H](NC(=O)c2c(C)[nH]c3c(-c4cc(C(F)(F)F)ccc4OCC4CC4)ncnc23)[C@H](C)C1. The first kappa shape index (κ1) is 27.9. The lowest BCUT2D eigenvalue weighted by atomic mass is 9.82. The number of fused-ring (bicyclic) bond motifs is 1. The zero-order valence-electron chi connectivity index (χ0n) is 22.8. The molecule has 2 fully saturated rings. The standard InChI is InChI=1S/C29H34F3N5O3/c1-4-23(38)36-19-8-9-21(15(2)11-19)37-28(39)24-16(3)35-27-25(33-14-34-26(24)27)20-12-18(29(30,31)32)7-10-22(20)40-13-17-5-6-17/h7,10,12,14-15,17,19,21,35H,4-6,8-9,11,13H2,1-3H3,(H,36,38)(H,37,39)/t15-,19+,21-/m1/s1. The molecule has 0 spiro atoms. The van der Waals surface area contributed by atoms with Gasteiger partial charge in [0.1, 0.15) is 23.3 Å². The lowest BCUT2D eigenvalue weighted by Gasteiger charge is -2.35. The van der Waals surface area contributed by atoms with Gasteiger partial charge in [0.25, 0.3) is 5.91 Å². The number of rotatable bonds is 8. The van der Waals surface area contributed by atoms with Gasteiger partial charge in [-0.1, -0.05) is 13.8 Å². The van der Waals surface area contributed by atoms with Crippen LogP contribution in [-0.2, 0) is 11.0 Å². The van der Waals surface area contributed by atoms with Gasteiger partial charge in [0.15, 0.2) is 0 Å². The zero-order valence-corrected chi connectivity index (χ0v) is 22.8. The number of nitrogens with one attached hydrogen (secondary N) is 3. The number of ether oxygens (including phenoxy) is 1. The Balaban J connectivity index is 1.43. The minimum Gasteiger partial charge on any atom is -0.493 e. The first-order valence-corrected chi connectivity index (χ1v) is 13.8. The summed E-state index contributed by atoms with van der Waals surface area (Å²) in [6, 6.07) is 3.38. The molecule has 8 nitrogen and oxygen atoms in total. The molecule has 3 atom stereocenters. The summed E-state index contributed by atoms with van der Waals surface area (Å²) in [5, 5.41) is 6.16. The third kappa shape index (κ3) is 5.93. The topological polar surface area (TPSA) is 109 Å². The van der Waals surface area contributed by atoms with Crippen molar-refractivity contribution in [2.45, 2.75) is 77.6 Å². The highest BCUT2D eigenvalue weighted by Gasteiger charge is 2.34. The van der Waals surface area contributed by atoms with Gasteiger partial charge in [-0.3, -0.25) is 9.59 Å². The van der Waals surface area contributed by atoms with Crippen molar-refractivity contribution in [1.29, 1.82) is 0 Å². The van der Waals surface area contributed by atoms with Gasteiger partial charge in [-0.25, -0.2) is 9.97 Å². The van der Waals surface area contributed by atoms with Crippen molar-refractivity contribution in [2.24, 2.45) is 11.8 Å². The quantitative estimate of drug-likeness (QED) is 0.336. The Morgan fingerprint density at radius 1 is 1.12 bits per heavy atom. The molecule has 2 saturated carbocycles. The summed E-state index contributed by atoms with van der Waals surface area (Å²) in [7, 11) is 0. The molecule has 2 aliphatic carbocycles. The van der Waals surface area contributed by atoms with E-state index in [0.717, 1.165) is 44.2 Å². The molecule has 11 heteroatoms. The van der Waals surface area contributed by atoms with E-state index in [9.17, 15) is 22.8 Å². The van der Waals surface area contributed by atoms with E-state index in [1.54, 1.807) is 6.92 Å². The normalized spacial score (nSPS) is 21.3. The van der Waals surface area contributed by atoms with Crippen LogP contribution in [0, 0.1) is 18.8 Å². The van der Waals surface area contributed by atoms with E-state index >= 15 is 0 Å². The Labute approximate surface area is 230 Å². The summed E-state index contributed by atoms with van der Waals surface area (Å²) in [5.41, 5.74) is 1.20. The molecule has 2 aliphatic rings. The smallest absolute Gasteiger partial charge is 0.416 e. The molecule has 5 rings (SSSR count). The summed E-state index contributed by atoms with van der Waals surface area (Å²) < 4.78 is 46.8. The molecular weight excluding hydrogens is 523 g/mol. The number of aromatic amines is 1. The summed E-state index contributed by atoms with van der Waals surface area (Å²) in [4.78, 5) is 37.1. The monoisotopic (exact) mass is 557 g/mol. The Morgan fingerprint density at radius 2 is 1.90 bits per heavy atom. The Bertz CT molecular complexity index is 1420. The van der Waals surface area contributed by atoms with Gasteiger partial charge in [0.2, 0.25) is 5.91 Å². The number of carbonyl (C=O) groups is 2. The van der Waals surface area contributed by atoms with Crippen molar-refractivity contribution in [3.8, 4) is 17.0 Å². The van der Waals surface area contributed by atoms with Crippen LogP contribution in [0.5, 0.6) is 5.75 Å². The van der Waals surface area contributed by atoms with Crippen LogP contribution in [0.1, 0.15) is 74.0 Å². The lowest BCUT2D eigenvalue weighted by molar-refractivity contribution is -0.137. The van der Waals surface area contributed by atoms with Gasteiger partial charge in [-0.05, 0) is 69.1 Å². The predicted molar refractivity (Wildman–Crippen MR) is 144 cm³/mol. The van der Waals surface area contributed by atoms with E-state index in [2.05, 4.69) is 25.6 Å². The lowest BCUT2D eigenvalue weighted by Crippen LogP contribution is -2.48. The van der Waals surface area contributed by atoms with Gasteiger partial charge < -0.3 is 20.4 Å². The molecule has 214 valence electrons. The van der Waals surface area contributed by atoms with Crippen LogP contribution in [0.2, 0.25) is 0 Å². The van der Waals surface area contributed by atoms with Gasteiger partial charge in [0.05, 0.1) is 23.3 Å². The van der Waals surface area contributed by atoms with E-state index in [1.807, 2.05) is 13.8 Å². The zero-order chi connectivity index (χ0) is 28.6. The largest absolute Gasteiger partial charge is 0.493 e. The maximum absolute atomic E-state index is 13.6. The second-order valence-electron chi connectivity index (χ2n) is 11.0. The number of hydrogen-bond donors (Lipinski definition) is 3. The van der Waals surface area contributed by atoms with Crippen LogP contribution in [0.4, 0.5) is 13.2 Å². The summed E-state index contributed by atoms with van der Waals surface area (Å²) in [5.74, 6) is 0.566. The average Bonchev–Trinajstić information content (AvgIpc) is 3.67. The molecule has 0 bridgehead atoms. The van der Waals surface area contributed by atoms with Crippen LogP contribution < -0.4 is 15.4 Å². The number of H-pyrrole nitrogens is 1. The first-order valence-electron chi connectivity index (χ1n) is 13.8. The van der Waals surface area contributed by atoms with E-state index in [4.69, 9.17) is 4.74 Å². The molecule has 0 aliphatic heterocycles. The molecule has 2 amide bonds. The number of benzene rings is 1. The highest BCUT2D eigenvalue weighted by molar-refractivity contribution is 6.09. The molecule has 0 unspecified atom stereocenters. The number of alkyl halides is 3. The third-order valence-electron chi connectivity index (χ3n) is 7.90. The van der Waals surface area contributed by atoms with Crippen molar-refractivity contribution in [3.05, 3.63) is 41.3 Å². The second kappa shape index (κ2) is 11.1. The highest BCUT2D eigenvalue weighted by Crippen LogP contribution is 2.40. The van der Waals surface area contributed by atoms with Crippen molar-refractivity contribution in [3.63, 3.8) is 0 Å². The maximum atomic E-state index is 13.6. The van der Waals surface area contributed by atoms with Gasteiger partial charge in [-0.15, -0.1) is 0 Å². The van der Waals surface area contributed by atoms with Crippen LogP contribution >= 0.6 is 0 Å². The minimum absolute atomic E-state index is 0.0199. The summed E-state index contributed by atoms with van der Waals surface area (Å²) in [6.45, 7) is 6.02. The molecule has 40 heavy (non-hydrogen) atoms. The van der Waals surface area contributed by atoms with Crippen LogP contribution in [0.3, 0.4) is 0 Å². The van der Waals surface area contributed by atoms with E-state index in [0.29, 0.717) is 47.0 Å². The van der Waals surface area contributed by atoms with Crippen molar-refractivity contribution in [1.82, 2.24) is 25.6 Å². The van der Waals surface area contributed by atoms with E-state index < -0.39 is 11.7 Å². The van der Waals surface area contributed by atoms with Gasteiger partial charge in [0, 0.05) is 29.8 Å². The molecule has 2 aromatic heterocycles. The Morgan fingerprint density at radius 3 is 2.58 bits per heavy atom. The average molecular weight is 558 g/mol. The number of aromatic nitrogens is 3. The molecule has 1 aromatic carbocycles. The van der Waals surface area contributed by atoms with Crippen molar-refractivity contribution < 1.29 is 27.5 Å². The van der Waals surface area contributed by atoms with Gasteiger partial charge in [-0.2, -0.15) is 13.2 Å². The number of aryl methyl sites for hydroxylation is 1. The summed E-state index contributed by atoms with van der Waals surface area (Å²) in [6.07, 6.45) is 1.47. The molecule has 3 N–H and O–H groups in total. The predicted octanol–water partition coefficient (Wildman–Crippen LogP) is 5.55. The molecule has 3 aromatic rings. The summed E-state index contributed by atoms with van der Waals surface area (Å²) >= 11 is 0. The van der Waals surface area contributed by atoms with E-state index in [1.165, 1.54) is 12.4 Å². The molecule has 0 saturated heterocycles. The van der Waals surface area contributed by atoms with E-state index in [-0.39, 0.29) is 41.1 Å². The maximum Gasteiger partial charge on any atom is 0.416 e. The minimum atomic E-state index is -4.54. The number of halogens is 3. The third-order valence-corrected chi connectivity index (χ3v) is 7.90. The fourth-order valence-electron chi connectivity index (χ4n) is 5.42. The van der Waals surface area contributed by atoms with Crippen LogP contribution in [0.15, 0.2) is 24.5 Å². The van der Waals surface area contributed by atoms with Crippen LogP contribution in [0.25, 0.3) is 22.3 Å². The molecule has 2 heterocycles. The van der Waals surface area contributed by atoms with Gasteiger partial charge >= 0.3 is 6.18 Å². The Hall–Kier alpha value is -3.63. The Kier molecular flexibility index (Phi) is 7.74. The number of carbonyl (C=O) groups excluding carboxylic acids is 2.